The summed E-state index contributed by atoms with van der Waals surface area (Å²) in [6.45, 7) is 3.91. The second-order valence-corrected chi connectivity index (χ2v) is 6.41. The number of amides is 1. The number of aromatic nitrogens is 1. The van der Waals surface area contributed by atoms with E-state index in [-0.39, 0.29) is 12.0 Å². The maximum atomic E-state index is 12.4. The van der Waals surface area contributed by atoms with Crippen LogP contribution in [0.3, 0.4) is 0 Å². The van der Waals surface area contributed by atoms with Gasteiger partial charge in [0.05, 0.1) is 19.0 Å². The molecule has 4 heterocycles. The average Bonchev–Trinajstić information content (AvgIpc) is 3.29. The predicted molar refractivity (Wildman–Crippen MR) is 87.4 cm³/mol. The Labute approximate surface area is 141 Å². The maximum absolute atomic E-state index is 12.4. The van der Waals surface area contributed by atoms with Crippen LogP contribution in [0.25, 0.3) is 0 Å². The minimum absolute atomic E-state index is 0.0145. The second-order valence-electron chi connectivity index (χ2n) is 6.41. The highest BCUT2D eigenvalue weighted by molar-refractivity contribution is 5.91. The first kappa shape index (κ1) is 15.4. The van der Waals surface area contributed by atoms with Gasteiger partial charge in [-0.25, -0.2) is 0 Å². The normalized spacial score (nSPS) is 24.1. The molecule has 2 unspecified atom stereocenters. The van der Waals surface area contributed by atoms with E-state index in [0.29, 0.717) is 18.4 Å². The zero-order chi connectivity index (χ0) is 16.4. The number of hydrogen-bond acceptors (Lipinski definition) is 5. The molecule has 2 fully saturated rings. The molecule has 24 heavy (non-hydrogen) atoms. The molecule has 6 heteroatoms. The first-order valence-corrected chi connectivity index (χ1v) is 8.37. The number of ether oxygens (including phenoxy) is 1. The fraction of sp³-hybridized carbons (Fsp3) is 0.444. The van der Waals surface area contributed by atoms with Crippen LogP contribution in [-0.4, -0.2) is 59.0 Å². The number of pyridine rings is 1. The van der Waals surface area contributed by atoms with E-state index < -0.39 is 0 Å². The zero-order valence-corrected chi connectivity index (χ0v) is 13.5. The second kappa shape index (κ2) is 6.75. The Bertz CT molecular complexity index is 674. The van der Waals surface area contributed by atoms with Crippen molar-refractivity contribution in [2.45, 2.75) is 25.2 Å². The topological polar surface area (TPSA) is 58.8 Å². The summed E-state index contributed by atoms with van der Waals surface area (Å²) in [6, 6.07) is 7.80. The summed E-state index contributed by atoms with van der Waals surface area (Å²) in [7, 11) is 0. The molecule has 0 aliphatic carbocycles. The van der Waals surface area contributed by atoms with Gasteiger partial charge in [0.2, 0.25) is 0 Å². The van der Waals surface area contributed by atoms with Crippen LogP contribution in [0.15, 0.2) is 47.3 Å². The van der Waals surface area contributed by atoms with Crippen molar-refractivity contribution in [2.75, 3.05) is 26.2 Å². The monoisotopic (exact) mass is 327 g/mol. The third kappa shape index (κ3) is 3.20. The highest BCUT2D eigenvalue weighted by atomic mass is 16.5. The molecule has 126 valence electrons. The molecule has 0 spiro atoms. The lowest BCUT2D eigenvalue weighted by molar-refractivity contribution is 0.0446. The lowest BCUT2D eigenvalue weighted by Gasteiger charge is -2.36. The largest absolute Gasteiger partial charge is 0.459 e. The van der Waals surface area contributed by atoms with Gasteiger partial charge in [-0.3, -0.25) is 14.7 Å². The molecule has 2 aliphatic heterocycles. The van der Waals surface area contributed by atoms with E-state index in [1.807, 2.05) is 23.2 Å². The van der Waals surface area contributed by atoms with Gasteiger partial charge in [0, 0.05) is 44.6 Å². The van der Waals surface area contributed by atoms with Crippen molar-refractivity contribution < 1.29 is 13.9 Å². The van der Waals surface area contributed by atoms with Crippen molar-refractivity contribution in [2.24, 2.45) is 0 Å². The molecule has 2 aliphatic rings. The fourth-order valence-corrected chi connectivity index (χ4v) is 3.56. The first-order valence-electron chi connectivity index (χ1n) is 8.37. The molecule has 0 saturated carbocycles. The van der Waals surface area contributed by atoms with Crippen LogP contribution in [0.2, 0.25) is 0 Å². The molecule has 0 aromatic carbocycles. The van der Waals surface area contributed by atoms with Crippen molar-refractivity contribution in [1.29, 1.82) is 0 Å². The van der Waals surface area contributed by atoms with E-state index in [1.54, 1.807) is 24.6 Å². The number of carbonyl (C=O) groups excluding carboxylic acids is 1. The van der Waals surface area contributed by atoms with Gasteiger partial charge in [0.25, 0.3) is 5.91 Å². The van der Waals surface area contributed by atoms with E-state index in [0.717, 1.165) is 38.2 Å². The third-order valence-corrected chi connectivity index (χ3v) is 4.81. The molecular weight excluding hydrogens is 306 g/mol. The molecule has 2 saturated heterocycles. The first-order chi connectivity index (χ1) is 11.8. The van der Waals surface area contributed by atoms with E-state index >= 15 is 0 Å². The van der Waals surface area contributed by atoms with Crippen LogP contribution in [-0.2, 0) is 11.3 Å². The Morgan fingerprint density at radius 1 is 1.29 bits per heavy atom. The lowest BCUT2D eigenvalue weighted by Crippen LogP contribution is -2.52. The number of fused-ring (bicyclic) bond motifs is 1. The Hall–Kier alpha value is -2.18. The van der Waals surface area contributed by atoms with Gasteiger partial charge < -0.3 is 14.1 Å². The van der Waals surface area contributed by atoms with E-state index in [9.17, 15) is 4.79 Å². The molecule has 0 bridgehead atoms. The van der Waals surface area contributed by atoms with Gasteiger partial charge in [0.15, 0.2) is 5.76 Å². The summed E-state index contributed by atoms with van der Waals surface area (Å²) in [4.78, 5) is 20.9. The van der Waals surface area contributed by atoms with Crippen LogP contribution >= 0.6 is 0 Å². The number of carbonyl (C=O) groups is 1. The highest BCUT2D eigenvalue weighted by Crippen LogP contribution is 2.25. The molecule has 2 atom stereocenters. The van der Waals surface area contributed by atoms with Crippen LogP contribution in [0.1, 0.15) is 22.5 Å². The van der Waals surface area contributed by atoms with Crippen molar-refractivity contribution in [3.63, 3.8) is 0 Å². The van der Waals surface area contributed by atoms with Crippen LogP contribution in [0.4, 0.5) is 0 Å². The summed E-state index contributed by atoms with van der Waals surface area (Å²) < 4.78 is 11.3. The van der Waals surface area contributed by atoms with Crippen molar-refractivity contribution in [3.05, 3.63) is 54.2 Å². The zero-order valence-electron chi connectivity index (χ0n) is 13.5. The van der Waals surface area contributed by atoms with Gasteiger partial charge in [-0.2, -0.15) is 0 Å². The fourth-order valence-electron chi connectivity index (χ4n) is 3.56. The number of piperazine rings is 1. The Kier molecular flexibility index (Phi) is 4.32. The number of rotatable bonds is 4. The molecule has 0 N–H and O–H groups in total. The van der Waals surface area contributed by atoms with Gasteiger partial charge in [-0.1, -0.05) is 6.07 Å². The summed E-state index contributed by atoms with van der Waals surface area (Å²) in [5, 5.41) is 0. The maximum Gasteiger partial charge on any atom is 0.289 e. The standard InChI is InChI=1S/C18H21N3O3/c22-18(17-4-2-8-23-17)21-7-6-20-12-16(9-15(20)11-21)24-13-14-3-1-5-19-10-14/h1-5,8,10,15-16H,6-7,9,11-13H2. The van der Waals surface area contributed by atoms with Gasteiger partial charge in [-0.15, -0.1) is 0 Å². The molecule has 2 aromatic rings. The van der Waals surface area contributed by atoms with E-state index in [2.05, 4.69) is 9.88 Å². The SMILES string of the molecule is O=C(c1ccco1)N1CCN2CC(OCc3cccnc3)CC2C1. The van der Waals surface area contributed by atoms with Gasteiger partial charge in [0.1, 0.15) is 0 Å². The molecule has 4 rings (SSSR count). The summed E-state index contributed by atoms with van der Waals surface area (Å²) in [5.41, 5.74) is 1.09. The van der Waals surface area contributed by atoms with Crippen molar-refractivity contribution in [1.82, 2.24) is 14.8 Å². The molecule has 6 nitrogen and oxygen atoms in total. The van der Waals surface area contributed by atoms with Gasteiger partial charge >= 0.3 is 0 Å². The lowest BCUT2D eigenvalue weighted by atomic mass is 10.1. The average molecular weight is 327 g/mol. The number of nitrogens with zero attached hydrogens (tertiary/aromatic N) is 3. The van der Waals surface area contributed by atoms with Crippen LogP contribution in [0, 0.1) is 0 Å². The molecule has 0 radical (unpaired) electrons. The van der Waals surface area contributed by atoms with E-state index in [1.165, 1.54) is 0 Å². The number of hydrogen-bond donors (Lipinski definition) is 0. The minimum atomic E-state index is -0.0145. The summed E-state index contributed by atoms with van der Waals surface area (Å²) >= 11 is 0. The smallest absolute Gasteiger partial charge is 0.289 e. The minimum Gasteiger partial charge on any atom is -0.459 e. The van der Waals surface area contributed by atoms with E-state index in [4.69, 9.17) is 9.15 Å². The Balaban J connectivity index is 1.32. The summed E-state index contributed by atoms with van der Waals surface area (Å²) in [6.07, 6.45) is 6.33. The molecule has 1 amide bonds. The van der Waals surface area contributed by atoms with Crippen molar-refractivity contribution in [3.8, 4) is 0 Å². The van der Waals surface area contributed by atoms with Gasteiger partial charge in [-0.05, 0) is 30.2 Å². The van der Waals surface area contributed by atoms with Crippen LogP contribution in [0.5, 0.6) is 0 Å². The Morgan fingerprint density at radius 2 is 2.25 bits per heavy atom. The summed E-state index contributed by atoms with van der Waals surface area (Å²) in [5.74, 6) is 0.408. The predicted octanol–water partition coefficient (Wildman–Crippen LogP) is 1.79. The quantitative estimate of drug-likeness (QED) is 0.857. The Morgan fingerprint density at radius 3 is 3.04 bits per heavy atom. The molecule has 2 aromatic heterocycles. The molecular formula is C18H21N3O3. The third-order valence-electron chi connectivity index (χ3n) is 4.81. The number of furan rings is 1. The highest BCUT2D eigenvalue weighted by Gasteiger charge is 2.38. The van der Waals surface area contributed by atoms with Crippen LogP contribution < -0.4 is 0 Å². The van der Waals surface area contributed by atoms with Crippen molar-refractivity contribution >= 4 is 5.91 Å².